The third kappa shape index (κ3) is 2.95. The molecule has 0 bridgehead atoms. The molecular weight excluding hydrogens is 268 g/mol. The van der Waals surface area contributed by atoms with Crippen molar-refractivity contribution >= 4 is 19.7 Å². The van der Waals surface area contributed by atoms with Crippen molar-refractivity contribution in [3.63, 3.8) is 0 Å². The minimum absolute atomic E-state index is 0.322. The van der Waals surface area contributed by atoms with E-state index in [1.54, 1.807) is 12.1 Å². The molecule has 0 atom stereocenters. The van der Waals surface area contributed by atoms with Crippen molar-refractivity contribution in [2.24, 2.45) is 0 Å². The van der Waals surface area contributed by atoms with Gasteiger partial charge in [0.1, 0.15) is 19.0 Å². The van der Waals surface area contributed by atoms with Crippen LogP contribution in [0.1, 0.15) is 5.56 Å². The molecule has 0 spiro atoms. The zero-order valence-corrected chi connectivity index (χ0v) is 10.7. The summed E-state index contributed by atoms with van der Waals surface area (Å²) in [6.07, 6.45) is 0. The van der Waals surface area contributed by atoms with Gasteiger partial charge < -0.3 is 14.2 Å². The van der Waals surface area contributed by atoms with E-state index in [-0.39, 0.29) is 5.75 Å². The number of hydrogen-bond acceptors (Lipinski definition) is 5. The Morgan fingerprint density at radius 3 is 2.71 bits per heavy atom. The van der Waals surface area contributed by atoms with E-state index in [0.29, 0.717) is 36.0 Å². The molecule has 94 valence electrons. The maximum atomic E-state index is 11.1. The SMILES string of the molecule is COc1cc(CS(=O)(=O)Cl)c2c(c1)OCCO2. The number of fused-ring (bicyclic) bond motifs is 1. The molecule has 1 aliphatic heterocycles. The Morgan fingerprint density at radius 2 is 2.06 bits per heavy atom. The van der Waals surface area contributed by atoms with E-state index in [0.717, 1.165) is 0 Å². The van der Waals surface area contributed by atoms with Crippen molar-refractivity contribution in [1.29, 1.82) is 0 Å². The molecule has 1 aromatic rings. The summed E-state index contributed by atoms with van der Waals surface area (Å²) in [5.41, 5.74) is 0.439. The smallest absolute Gasteiger partial charge is 0.236 e. The number of hydrogen-bond donors (Lipinski definition) is 0. The van der Waals surface area contributed by atoms with Gasteiger partial charge in [-0.05, 0) is 6.07 Å². The van der Waals surface area contributed by atoms with Crippen molar-refractivity contribution in [3.8, 4) is 17.2 Å². The lowest BCUT2D eigenvalue weighted by Gasteiger charge is -2.21. The summed E-state index contributed by atoms with van der Waals surface area (Å²) in [5.74, 6) is 1.08. The Hall–Kier alpha value is -1.14. The van der Waals surface area contributed by atoms with Gasteiger partial charge in [-0.15, -0.1) is 0 Å². The van der Waals surface area contributed by atoms with Crippen LogP contribution in [0.2, 0.25) is 0 Å². The van der Waals surface area contributed by atoms with Gasteiger partial charge in [0.05, 0.1) is 12.9 Å². The predicted molar refractivity (Wildman–Crippen MR) is 62.5 cm³/mol. The quantitative estimate of drug-likeness (QED) is 0.785. The van der Waals surface area contributed by atoms with Gasteiger partial charge in [0.2, 0.25) is 9.05 Å². The van der Waals surface area contributed by atoms with Gasteiger partial charge in [-0.2, -0.15) is 0 Å². The van der Waals surface area contributed by atoms with E-state index in [1.807, 2.05) is 0 Å². The van der Waals surface area contributed by atoms with Gasteiger partial charge in [-0.1, -0.05) is 0 Å². The first-order valence-corrected chi connectivity index (χ1v) is 7.36. The third-order valence-electron chi connectivity index (χ3n) is 2.26. The number of benzene rings is 1. The molecule has 7 heteroatoms. The average Bonchev–Trinajstić information content (AvgIpc) is 2.26. The van der Waals surface area contributed by atoms with E-state index in [9.17, 15) is 8.42 Å². The van der Waals surface area contributed by atoms with Crippen LogP contribution < -0.4 is 14.2 Å². The topological polar surface area (TPSA) is 61.8 Å². The molecule has 1 aliphatic rings. The zero-order chi connectivity index (χ0) is 12.5. The molecule has 0 aliphatic carbocycles. The molecule has 1 heterocycles. The fourth-order valence-corrected chi connectivity index (χ4v) is 2.55. The van der Waals surface area contributed by atoms with Crippen molar-refractivity contribution in [3.05, 3.63) is 17.7 Å². The molecule has 1 aromatic carbocycles. The van der Waals surface area contributed by atoms with Crippen LogP contribution in [0.3, 0.4) is 0 Å². The van der Waals surface area contributed by atoms with Crippen LogP contribution in [-0.2, 0) is 14.8 Å². The molecule has 0 amide bonds. The summed E-state index contributed by atoms with van der Waals surface area (Å²) in [5, 5.41) is 0. The lowest BCUT2D eigenvalue weighted by molar-refractivity contribution is 0.169. The standard InChI is InChI=1S/C10H11ClO5S/c1-14-8-4-7(6-17(11,12)13)10-9(5-8)15-2-3-16-10/h4-5H,2-3,6H2,1H3. The fraction of sp³-hybridized carbons (Fsp3) is 0.400. The average molecular weight is 279 g/mol. The van der Waals surface area contributed by atoms with Gasteiger partial charge in [0.25, 0.3) is 0 Å². The first-order valence-electron chi connectivity index (χ1n) is 4.88. The summed E-state index contributed by atoms with van der Waals surface area (Å²) in [6, 6.07) is 3.23. The summed E-state index contributed by atoms with van der Waals surface area (Å²) in [6.45, 7) is 0.807. The summed E-state index contributed by atoms with van der Waals surface area (Å²) in [4.78, 5) is 0. The highest BCUT2D eigenvalue weighted by molar-refractivity contribution is 8.13. The van der Waals surface area contributed by atoms with Crippen molar-refractivity contribution in [2.45, 2.75) is 5.75 Å². The summed E-state index contributed by atoms with van der Waals surface area (Å²) < 4.78 is 38.1. The molecule has 0 aromatic heterocycles. The Labute approximate surface area is 104 Å². The van der Waals surface area contributed by atoms with Gasteiger partial charge in [0, 0.05) is 22.3 Å². The van der Waals surface area contributed by atoms with E-state index in [4.69, 9.17) is 24.9 Å². The predicted octanol–water partition coefficient (Wildman–Crippen LogP) is 1.53. The van der Waals surface area contributed by atoms with E-state index < -0.39 is 9.05 Å². The van der Waals surface area contributed by atoms with Crippen LogP contribution >= 0.6 is 10.7 Å². The van der Waals surface area contributed by atoms with Crippen LogP contribution in [0.15, 0.2) is 12.1 Å². The normalized spacial score (nSPS) is 14.5. The minimum Gasteiger partial charge on any atom is -0.497 e. The minimum atomic E-state index is -3.65. The second-order valence-corrected chi connectivity index (χ2v) is 6.27. The lowest BCUT2D eigenvalue weighted by Crippen LogP contribution is -2.17. The third-order valence-corrected chi connectivity index (χ3v) is 3.24. The Morgan fingerprint density at radius 1 is 1.35 bits per heavy atom. The number of methoxy groups -OCH3 is 1. The first-order chi connectivity index (χ1) is 7.99. The van der Waals surface area contributed by atoms with Crippen LogP contribution in [0.25, 0.3) is 0 Å². The van der Waals surface area contributed by atoms with E-state index in [2.05, 4.69) is 0 Å². The fourth-order valence-electron chi connectivity index (χ4n) is 1.61. The molecule has 0 fully saturated rings. The molecule has 0 radical (unpaired) electrons. The molecule has 0 N–H and O–H groups in total. The van der Waals surface area contributed by atoms with Gasteiger partial charge >= 0.3 is 0 Å². The lowest BCUT2D eigenvalue weighted by atomic mass is 10.2. The van der Waals surface area contributed by atoms with Crippen molar-refractivity contribution < 1.29 is 22.6 Å². The molecule has 0 unspecified atom stereocenters. The van der Waals surface area contributed by atoms with Crippen LogP contribution in [-0.4, -0.2) is 28.7 Å². The molecule has 2 rings (SSSR count). The highest BCUT2D eigenvalue weighted by atomic mass is 35.7. The Kier molecular flexibility index (Phi) is 3.35. The molecule has 17 heavy (non-hydrogen) atoms. The Balaban J connectivity index is 2.48. The van der Waals surface area contributed by atoms with Gasteiger partial charge in [0.15, 0.2) is 11.5 Å². The van der Waals surface area contributed by atoms with Gasteiger partial charge in [-0.3, -0.25) is 0 Å². The maximum Gasteiger partial charge on any atom is 0.236 e. The number of ether oxygens (including phenoxy) is 3. The van der Waals surface area contributed by atoms with Gasteiger partial charge in [-0.25, -0.2) is 8.42 Å². The monoisotopic (exact) mass is 278 g/mol. The highest BCUT2D eigenvalue weighted by Gasteiger charge is 2.21. The first kappa shape index (κ1) is 12.3. The number of rotatable bonds is 3. The second kappa shape index (κ2) is 4.62. The summed E-state index contributed by atoms with van der Waals surface area (Å²) >= 11 is 0. The molecule has 5 nitrogen and oxygen atoms in total. The van der Waals surface area contributed by atoms with Crippen LogP contribution in [0, 0.1) is 0 Å². The largest absolute Gasteiger partial charge is 0.497 e. The molecule has 0 saturated heterocycles. The highest BCUT2D eigenvalue weighted by Crippen LogP contribution is 2.38. The molecular formula is C10H11ClO5S. The van der Waals surface area contributed by atoms with Crippen molar-refractivity contribution in [2.75, 3.05) is 20.3 Å². The number of halogens is 1. The van der Waals surface area contributed by atoms with Crippen LogP contribution in [0.4, 0.5) is 0 Å². The van der Waals surface area contributed by atoms with Crippen LogP contribution in [0.5, 0.6) is 17.2 Å². The maximum absolute atomic E-state index is 11.1. The van der Waals surface area contributed by atoms with E-state index >= 15 is 0 Å². The molecule has 0 saturated carbocycles. The van der Waals surface area contributed by atoms with E-state index in [1.165, 1.54) is 7.11 Å². The summed E-state index contributed by atoms with van der Waals surface area (Å²) in [7, 11) is 3.08. The van der Waals surface area contributed by atoms with Crippen molar-refractivity contribution in [1.82, 2.24) is 0 Å². The Bertz CT molecular complexity index is 526. The second-order valence-electron chi connectivity index (χ2n) is 3.49. The zero-order valence-electron chi connectivity index (χ0n) is 9.10.